The Morgan fingerprint density at radius 3 is 2.74 bits per heavy atom. The largest absolute Gasteiger partial charge is 0.462 e. The highest BCUT2D eigenvalue weighted by atomic mass is 16.5. The minimum atomic E-state index is -0.568. The second-order valence-corrected chi connectivity index (χ2v) is 7.64. The van der Waals surface area contributed by atoms with Crippen molar-refractivity contribution >= 4 is 5.97 Å². The summed E-state index contributed by atoms with van der Waals surface area (Å²) in [6.45, 7) is 4.35. The molecule has 7 atom stereocenters. The Bertz CT molecular complexity index is 509. The zero-order valence-corrected chi connectivity index (χ0v) is 14.0. The van der Waals surface area contributed by atoms with E-state index in [2.05, 4.69) is 32.1 Å². The minimum Gasteiger partial charge on any atom is -0.462 e. The van der Waals surface area contributed by atoms with Crippen LogP contribution in [0.3, 0.4) is 0 Å². The Morgan fingerprint density at radius 1 is 1.22 bits per heavy atom. The predicted molar refractivity (Wildman–Crippen MR) is 87.5 cm³/mol. The summed E-state index contributed by atoms with van der Waals surface area (Å²) in [7, 11) is 0. The van der Waals surface area contributed by atoms with Crippen molar-refractivity contribution < 1.29 is 19.7 Å². The van der Waals surface area contributed by atoms with Gasteiger partial charge in [0.05, 0.1) is 18.6 Å². The summed E-state index contributed by atoms with van der Waals surface area (Å²) < 4.78 is 5.37. The maximum absolute atomic E-state index is 11.5. The molecule has 1 aliphatic heterocycles. The zero-order chi connectivity index (χ0) is 16.6. The number of cyclic esters (lactones) is 1. The fourth-order valence-electron chi connectivity index (χ4n) is 4.55. The number of fused-ring (bicyclic) bond motifs is 1. The van der Waals surface area contributed by atoms with Crippen LogP contribution in [0.4, 0.5) is 0 Å². The zero-order valence-electron chi connectivity index (χ0n) is 14.0. The van der Waals surface area contributed by atoms with E-state index in [-0.39, 0.29) is 30.5 Å². The van der Waals surface area contributed by atoms with E-state index in [1.807, 2.05) is 0 Å². The summed E-state index contributed by atoms with van der Waals surface area (Å²) in [5.41, 5.74) is 1.26. The molecule has 3 aliphatic rings. The summed E-state index contributed by atoms with van der Waals surface area (Å²) in [4.78, 5) is 11.5. The molecule has 1 fully saturated rings. The van der Waals surface area contributed by atoms with Crippen molar-refractivity contribution in [2.75, 3.05) is 0 Å². The van der Waals surface area contributed by atoms with E-state index < -0.39 is 6.10 Å². The lowest BCUT2D eigenvalue weighted by atomic mass is 9.65. The molecule has 128 valence electrons. The number of aliphatic hydroxyl groups is 2. The standard InChI is InChI=1S/C19H28O4/c1-11-7-13-4-3-12(2)16(19(13)17(21)8-11)6-5-15-9-14(20)10-18(22)23-15/h3-4,7,11-12,14-17,19-21H,5-6,8-10H2,1-2H3/t11-,12-,14+,15+,16-,17-,19-/m1/s1. The molecule has 0 spiro atoms. The topological polar surface area (TPSA) is 66.8 Å². The lowest BCUT2D eigenvalue weighted by Crippen LogP contribution is -2.39. The molecule has 1 saturated heterocycles. The van der Waals surface area contributed by atoms with E-state index in [1.54, 1.807) is 0 Å². The molecule has 0 saturated carbocycles. The Hall–Kier alpha value is -1.13. The van der Waals surface area contributed by atoms with Gasteiger partial charge in [-0.2, -0.15) is 0 Å². The van der Waals surface area contributed by atoms with Crippen LogP contribution in [0.5, 0.6) is 0 Å². The SMILES string of the molecule is C[C@@H]1C=C2C=C[C@@H](C)[C@@H](CC[C@H]3C[C@H](O)CC(=O)O3)[C@@H]2[C@H](O)C1. The molecule has 0 bridgehead atoms. The summed E-state index contributed by atoms with van der Waals surface area (Å²) in [5, 5.41) is 20.3. The van der Waals surface area contributed by atoms with Crippen LogP contribution in [0.1, 0.15) is 46.0 Å². The van der Waals surface area contributed by atoms with Gasteiger partial charge in [0.15, 0.2) is 0 Å². The molecule has 23 heavy (non-hydrogen) atoms. The van der Waals surface area contributed by atoms with Gasteiger partial charge in [0, 0.05) is 12.3 Å². The number of carbonyl (C=O) groups is 1. The molecular weight excluding hydrogens is 292 g/mol. The van der Waals surface area contributed by atoms with Crippen molar-refractivity contribution in [1.82, 2.24) is 0 Å². The lowest BCUT2D eigenvalue weighted by molar-refractivity contribution is -0.160. The number of esters is 1. The second-order valence-electron chi connectivity index (χ2n) is 7.64. The van der Waals surface area contributed by atoms with Crippen molar-refractivity contribution in [3.8, 4) is 0 Å². The first kappa shape index (κ1) is 16.7. The van der Waals surface area contributed by atoms with E-state index in [1.165, 1.54) is 5.57 Å². The first-order chi connectivity index (χ1) is 10.9. The van der Waals surface area contributed by atoms with E-state index >= 15 is 0 Å². The van der Waals surface area contributed by atoms with Gasteiger partial charge in [-0.1, -0.05) is 32.1 Å². The van der Waals surface area contributed by atoms with Gasteiger partial charge in [0.25, 0.3) is 0 Å². The molecule has 0 unspecified atom stereocenters. The number of rotatable bonds is 3. The third-order valence-corrected chi connectivity index (χ3v) is 5.68. The van der Waals surface area contributed by atoms with Crippen LogP contribution in [0.25, 0.3) is 0 Å². The predicted octanol–water partition coefficient (Wildman–Crippen LogP) is 2.60. The van der Waals surface area contributed by atoms with Gasteiger partial charge in [-0.05, 0) is 42.6 Å². The van der Waals surface area contributed by atoms with Crippen LogP contribution in [0.2, 0.25) is 0 Å². The number of hydrogen-bond donors (Lipinski definition) is 2. The van der Waals surface area contributed by atoms with Crippen LogP contribution >= 0.6 is 0 Å². The number of hydrogen-bond acceptors (Lipinski definition) is 4. The van der Waals surface area contributed by atoms with Crippen LogP contribution in [-0.4, -0.2) is 34.5 Å². The second kappa shape index (κ2) is 6.78. The van der Waals surface area contributed by atoms with Gasteiger partial charge in [0.2, 0.25) is 0 Å². The molecule has 1 heterocycles. The average Bonchev–Trinajstić information content (AvgIpc) is 2.45. The summed E-state index contributed by atoms with van der Waals surface area (Å²) in [6.07, 6.45) is 8.80. The number of aliphatic hydroxyl groups excluding tert-OH is 2. The van der Waals surface area contributed by atoms with Crippen molar-refractivity contribution in [3.05, 3.63) is 23.8 Å². The highest BCUT2D eigenvalue weighted by molar-refractivity contribution is 5.70. The molecule has 0 radical (unpaired) electrons. The monoisotopic (exact) mass is 320 g/mol. The fraction of sp³-hybridized carbons (Fsp3) is 0.737. The molecule has 4 heteroatoms. The van der Waals surface area contributed by atoms with Gasteiger partial charge >= 0.3 is 5.97 Å². The molecule has 0 aromatic rings. The summed E-state index contributed by atoms with van der Waals surface area (Å²) >= 11 is 0. The molecule has 3 rings (SSSR count). The Balaban J connectivity index is 1.67. The van der Waals surface area contributed by atoms with Crippen molar-refractivity contribution in [2.24, 2.45) is 23.7 Å². The molecule has 2 N–H and O–H groups in total. The van der Waals surface area contributed by atoms with Gasteiger partial charge in [-0.25, -0.2) is 0 Å². The first-order valence-electron chi connectivity index (χ1n) is 8.89. The number of allylic oxidation sites excluding steroid dienone is 3. The maximum Gasteiger partial charge on any atom is 0.308 e. The Morgan fingerprint density at radius 2 is 2.00 bits per heavy atom. The van der Waals surface area contributed by atoms with Crippen LogP contribution < -0.4 is 0 Å². The summed E-state index contributed by atoms with van der Waals surface area (Å²) in [6, 6.07) is 0. The Kier molecular flexibility index (Phi) is 4.93. The van der Waals surface area contributed by atoms with Crippen molar-refractivity contribution in [3.63, 3.8) is 0 Å². The van der Waals surface area contributed by atoms with Crippen LogP contribution in [0.15, 0.2) is 23.8 Å². The smallest absolute Gasteiger partial charge is 0.308 e. The average molecular weight is 320 g/mol. The van der Waals surface area contributed by atoms with Crippen LogP contribution in [-0.2, 0) is 9.53 Å². The molecule has 0 amide bonds. The van der Waals surface area contributed by atoms with Crippen LogP contribution in [0, 0.1) is 23.7 Å². The van der Waals surface area contributed by atoms with E-state index in [9.17, 15) is 15.0 Å². The molecule has 0 aromatic heterocycles. The molecule has 0 aromatic carbocycles. The van der Waals surface area contributed by atoms with Gasteiger partial charge in [-0.3, -0.25) is 4.79 Å². The summed E-state index contributed by atoms with van der Waals surface area (Å²) in [5.74, 6) is 1.09. The fourth-order valence-corrected chi connectivity index (χ4v) is 4.55. The van der Waals surface area contributed by atoms with E-state index in [0.29, 0.717) is 24.2 Å². The number of carbonyl (C=O) groups excluding carboxylic acids is 1. The van der Waals surface area contributed by atoms with Crippen molar-refractivity contribution in [2.45, 2.75) is 64.3 Å². The molecule has 4 nitrogen and oxygen atoms in total. The molecular formula is C19H28O4. The quantitative estimate of drug-likeness (QED) is 0.785. The highest BCUT2D eigenvalue weighted by Gasteiger charge is 2.39. The third-order valence-electron chi connectivity index (χ3n) is 5.68. The minimum absolute atomic E-state index is 0.116. The van der Waals surface area contributed by atoms with E-state index in [0.717, 1.165) is 19.3 Å². The first-order valence-corrected chi connectivity index (χ1v) is 8.89. The van der Waals surface area contributed by atoms with Crippen molar-refractivity contribution in [1.29, 1.82) is 0 Å². The maximum atomic E-state index is 11.5. The number of ether oxygens (including phenoxy) is 1. The highest BCUT2D eigenvalue weighted by Crippen LogP contribution is 2.43. The lowest BCUT2D eigenvalue weighted by Gasteiger charge is -2.42. The normalized spacial score (nSPS) is 43.6. The van der Waals surface area contributed by atoms with Gasteiger partial charge in [-0.15, -0.1) is 0 Å². The van der Waals surface area contributed by atoms with Gasteiger partial charge in [0.1, 0.15) is 6.10 Å². The molecule has 2 aliphatic carbocycles. The third kappa shape index (κ3) is 3.69. The van der Waals surface area contributed by atoms with E-state index in [4.69, 9.17) is 4.74 Å². The van der Waals surface area contributed by atoms with Gasteiger partial charge < -0.3 is 14.9 Å². The Labute approximate surface area is 138 Å².